The maximum Gasteiger partial charge on any atom is 0.0474 e. The summed E-state index contributed by atoms with van der Waals surface area (Å²) in [5.41, 5.74) is 1.25. The van der Waals surface area contributed by atoms with Crippen LogP contribution in [0.4, 0.5) is 0 Å². The Balaban J connectivity index is 2.05. The Kier molecular flexibility index (Phi) is 5.68. The highest BCUT2D eigenvalue weighted by molar-refractivity contribution is 6.30. The number of halogens is 1. The third kappa shape index (κ3) is 3.95. The minimum Gasteiger partial charge on any atom is -0.396 e. The Hall–Kier alpha value is -0.570. The van der Waals surface area contributed by atoms with Crippen molar-refractivity contribution in [2.75, 3.05) is 6.61 Å². The van der Waals surface area contributed by atoms with E-state index in [1.807, 2.05) is 18.2 Å². The molecule has 1 saturated carbocycles. The number of nitrogens with one attached hydrogen (secondary N) is 1. The van der Waals surface area contributed by atoms with E-state index < -0.39 is 0 Å². The number of hydrogen-bond acceptors (Lipinski definition) is 2. The minimum absolute atomic E-state index is 0.295. The van der Waals surface area contributed by atoms with Gasteiger partial charge >= 0.3 is 0 Å². The Morgan fingerprint density at radius 3 is 2.84 bits per heavy atom. The van der Waals surface area contributed by atoms with Crippen LogP contribution in [-0.2, 0) is 0 Å². The third-order valence-corrected chi connectivity index (χ3v) is 4.45. The molecule has 2 nitrogen and oxygen atoms in total. The highest BCUT2D eigenvalue weighted by Crippen LogP contribution is 2.28. The van der Waals surface area contributed by atoms with Gasteiger partial charge in [-0.15, -0.1) is 0 Å². The van der Waals surface area contributed by atoms with Gasteiger partial charge in [0.25, 0.3) is 0 Å². The molecule has 2 N–H and O–H groups in total. The molecular formula is C16H24ClNO. The van der Waals surface area contributed by atoms with E-state index in [-0.39, 0.29) is 0 Å². The first-order valence-corrected chi connectivity index (χ1v) is 7.74. The molecule has 0 aliphatic heterocycles. The molecule has 106 valence electrons. The highest BCUT2D eigenvalue weighted by Gasteiger charge is 2.26. The molecule has 1 fully saturated rings. The number of aliphatic hydroxyl groups excluding tert-OH is 1. The van der Waals surface area contributed by atoms with E-state index >= 15 is 0 Å². The fourth-order valence-corrected chi connectivity index (χ4v) is 3.28. The van der Waals surface area contributed by atoms with Crippen LogP contribution in [0, 0.1) is 5.92 Å². The molecule has 1 aromatic rings. The van der Waals surface area contributed by atoms with Gasteiger partial charge < -0.3 is 10.4 Å². The summed E-state index contributed by atoms with van der Waals surface area (Å²) in [6.07, 6.45) is 5.86. The molecule has 0 spiro atoms. The van der Waals surface area contributed by atoms with Gasteiger partial charge in [-0.1, -0.05) is 43.5 Å². The van der Waals surface area contributed by atoms with Crippen molar-refractivity contribution in [3.8, 4) is 0 Å². The molecule has 19 heavy (non-hydrogen) atoms. The van der Waals surface area contributed by atoms with Gasteiger partial charge in [-0.25, -0.2) is 0 Å². The lowest BCUT2D eigenvalue weighted by Gasteiger charge is -2.34. The molecule has 1 aliphatic rings. The first-order chi connectivity index (χ1) is 9.24. The fourth-order valence-electron chi connectivity index (χ4n) is 3.08. The predicted octanol–water partition coefficient (Wildman–Crippen LogP) is 3.93. The molecule has 3 atom stereocenters. The molecule has 1 aliphatic carbocycles. The summed E-state index contributed by atoms with van der Waals surface area (Å²) >= 11 is 6.08. The molecule has 0 saturated heterocycles. The van der Waals surface area contributed by atoms with Gasteiger partial charge in [0.1, 0.15) is 0 Å². The highest BCUT2D eigenvalue weighted by atomic mass is 35.5. The van der Waals surface area contributed by atoms with Crippen molar-refractivity contribution in [2.24, 2.45) is 5.92 Å². The largest absolute Gasteiger partial charge is 0.396 e. The van der Waals surface area contributed by atoms with Crippen LogP contribution in [0.2, 0.25) is 5.02 Å². The van der Waals surface area contributed by atoms with Crippen molar-refractivity contribution in [1.29, 1.82) is 0 Å². The molecular weight excluding hydrogens is 258 g/mol. The average molecular weight is 282 g/mol. The number of rotatable bonds is 5. The fraction of sp³-hybridized carbons (Fsp3) is 0.625. The van der Waals surface area contributed by atoms with Crippen LogP contribution in [0.3, 0.4) is 0 Å². The molecule has 0 amide bonds. The van der Waals surface area contributed by atoms with E-state index in [0.717, 1.165) is 17.9 Å². The SMILES string of the molecule is CCC(NC1CCCCC1CO)c1cccc(Cl)c1. The minimum atomic E-state index is 0.295. The molecule has 2 rings (SSSR count). The first kappa shape index (κ1) is 14.8. The molecule has 0 radical (unpaired) electrons. The van der Waals surface area contributed by atoms with E-state index in [4.69, 9.17) is 11.6 Å². The first-order valence-electron chi connectivity index (χ1n) is 7.37. The predicted molar refractivity (Wildman–Crippen MR) is 80.5 cm³/mol. The molecule has 0 aromatic heterocycles. The molecule has 1 aromatic carbocycles. The standard InChI is InChI=1S/C16H24ClNO/c1-2-15(12-7-5-8-14(17)10-12)18-16-9-4-3-6-13(16)11-19/h5,7-8,10,13,15-16,18-19H,2-4,6,9,11H2,1H3. The van der Waals surface area contributed by atoms with E-state index in [0.29, 0.717) is 24.6 Å². The zero-order valence-corrected chi connectivity index (χ0v) is 12.4. The number of hydrogen-bond donors (Lipinski definition) is 2. The topological polar surface area (TPSA) is 32.3 Å². The molecule has 0 heterocycles. The Morgan fingerprint density at radius 2 is 2.16 bits per heavy atom. The van der Waals surface area contributed by atoms with Crippen LogP contribution < -0.4 is 5.32 Å². The molecule has 3 heteroatoms. The van der Waals surface area contributed by atoms with Gasteiger partial charge in [0, 0.05) is 23.7 Å². The summed E-state index contributed by atoms with van der Waals surface area (Å²) in [5, 5.41) is 14.0. The van der Waals surface area contributed by atoms with Crippen LogP contribution in [0.15, 0.2) is 24.3 Å². The maximum atomic E-state index is 9.50. The monoisotopic (exact) mass is 281 g/mol. The maximum absolute atomic E-state index is 9.50. The van der Waals surface area contributed by atoms with Crippen molar-refractivity contribution in [2.45, 2.75) is 51.1 Å². The number of aliphatic hydroxyl groups is 1. The van der Waals surface area contributed by atoms with Crippen LogP contribution in [0.25, 0.3) is 0 Å². The molecule has 3 unspecified atom stereocenters. The normalized spacial score (nSPS) is 25.2. The van der Waals surface area contributed by atoms with Crippen molar-refractivity contribution in [1.82, 2.24) is 5.32 Å². The second kappa shape index (κ2) is 7.28. The summed E-state index contributed by atoms with van der Waals surface area (Å²) in [6, 6.07) is 8.85. The summed E-state index contributed by atoms with van der Waals surface area (Å²) in [4.78, 5) is 0. The van der Waals surface area contributed by atoms with Crippen molar-refractivity contribution < 1.29 is 5.11 Å². The quantitative estimate of drug-likeness (QED) is 0.857. The van der Waals surface area contributed by atoms with E-state index in [1.54, 1.807) is 0 Å². The van der Waals surface area contributed by atoms with Crippen LogP contribution in [0.1, 0.15) is 50.6 Å². The summed E-state index contributed by atoms with van der Waals surface area (Å²) in [7, 11) is 0. The Morgan fingerprint density at radius 1 is 1.37 bits per heavy atom. The molecule has 0 bridgehead atoms. The zero-order valence-electron chi connectivity index (χ0n) is 11.6. The van der Waals surface area contributed by atoms with Crippen molar-refractivity contribution in [3.05, 3.63) is 34.9 Å². The zero-order chi connectivity index (χ0) is 13.7. The van der Waals surface area contributed by atoms with E-state index in [2.05, 4.69) is 18.3 Å². The number of benzene rings is 1. The van der Waals surface area contributed by atoms with Gasteiger partial charge in [0.2, 0.25) is 0 Å². The lowest BCUT2D eigenvalue weighted by atomic mass is 9.84. The lowest BCUT2D eigenvalue weighted by Crippen LogP contribution is -2.42. The van der Waals surface area contributed by atoms with Gasteiger partial charge in [0.15, 0.2) is 0 Å². The summed E-state index contributed by atoms with van der Waals surface area (Å²) < 4.78 is 0. The summed E-state index contributed by atoms with van der Waals surface area (Å²) in [5.74, 6) is 0.405. The van der Waals surface area contributed by atoms with Gasteiger partial charge in [-0.2, -0.15) is 0 Å². The van der Waals surface area contributed by atoms with Gasteiger partial charge in [-0.05, 0) is 42.9 Å². The third-order valence-electron chi connectivity index (χ3n) is 4.22. The van der Waals surface area contributed by atoms with Gasteiger partial charge in [0.05, 0.1) is 0 Å². The lowest BCUT2D eigenvalue weighted by molar-refractivity contribution is 0.145. The van der Waals surface area contributed by atoms with Crippen molar-refractivity contribution in [3.63, 3.8) is 0 Å². The van der Waals surface area contributed by atoms with Crippen LogP contribution >= 0.6 is 11.6 Å². The van der Waals surface area contributed by atoms with Gasteiger partial charge in [-0.3, -0.25) is 0 Å². The summed E-state index contributed by atoms with van der Waals surface area (Å²) in [6.45, 7) is 2.49. The van der Waals surface area contributed by atoms with Crippen LogP contribution in [-0.4, -0.2) is 17.8 Å². The van der Waals surface area contributed by atoms with Crippen molar-refractivity contribution >= 4 is 11.6 Å². The Bertz CT molecular complexity index is 396. The van der Waals surface area contributed by atoms with Crippen LogP contribution in [0.5, 0.6) is 0 Å². The van der Waals surface area contributed by atoms with E-state index in [9.17, 15) is 5.11 Å². The smallest absolute Gasteiger partial charge is 0.0474 e. The Labute approximate surface area is 121 Å². The second-order valence-electron chi connectivity index (χ2n) is 5.52. The average Bonchev–Trinajstić information content (AvgIpc) is 2.45. The second-order valence-corrected chi connectivity index (χ2v) is 5.95. The van der Waals surface area contributed by atoms with E-state index in [1.165, 1.54) is 24.8 Å².